The van der Waals surface area contributed by atoms with E-state index >= 15 is 0 Å². The third-order valence-corrected chi connectivity index (χ3v) is 5.55. The second-order valence-electron chi connectivity index (χ2n) is 6.58. The molecule has 0 aliphatic rings. The van der Waals surface area contributed by atoms with E-state index in [2.05, 4.69) is 10.0 Å². The number of nitrogens with one attached hydrogen (secondary N) is 2. The van der Waals surface area contributed by atoms with Crippen molar-refractivity contribution in [3.8, 4) is 5.75 Å². The van der Waals surface area contributed by atoms with Gasteiger partial charge in [0, 0.05) is 23.7 Å². The number of hydrogen-bond donors (Lipinski definition) is 2. The largest absolute Gasteiger partial charge is 0.492 e. The van der Waals surface area contributed by atoms with Gasteiger partial charge in [-0.05, 0) is 51.5 Å². The van der Waals surface area contributed by atoms with Crippen LogP contribution in [0.3, 0.4) is 0 Å². The van der Waals surface area contributed by atoms with E-state index in [4.69, 9.17) is 4.74 Å². The average Bonchev–Trinajstić information content (AvgIpc) is 2.62. The summed E-state index contributed by atoms with van der Waals surface area (Å²) in [6.45, 7) is 7.03. The molecule has 0 aliphatic heterocycles. The quantitative estimate of drug-likeness (QED) is 0.497. The number of carbonyl (C=O) groups is 1. The van der Waals surface area contributed by atoms with E-state index in [1.54, 1.807) is 27.7 Å². The Labute approximate surface area is 169 Å². The molecule has 1 amide bonds. The highest BCUT2D eigenvalue weighted by molar-refractivity contribution is 7.89. The number of hydrogen-bond acceptors (Lipinski definition) is 6. The van der Waals surface area contributed by atoms with E-state index < -0.39 is 20.9 Å². The van der Waals surface area contributed by atoms with Gasteiger partial charge >= 0.3 is 0 Å². The van der Waals surface area contributed by atoms with Crippen molar-refractivity contribution in [3.63, 3.8) is 0 Å². The Morgan fingerprint density at radius 3 is 2.48 bits per heavy atom. The van der Waals surface area contributed by atoms with Gasteiger partial charge < -0.3 is 10.1 Å². The van der Waals surface area contributed by atoms with Crippen LogP contribution in [-0.4, -0.2) is 31.9 Å². The number of anilines is 1. The number of rotatable bonds is 8. The predicted octanol–water partition coefficient (Wildman–Crippen LogP) is 3.24. The highest BCUT2D eigenvalue weighted by Gasteiger charge is 2.23. The van der Waals surface area contributed by atoms with Crippen molar-refractivity contribution >= 4 is 27.3 Å². The summed E-state index contributed by atoms with van der Waals surface area (Å²) in [6, 6.07) is 7.82. The van der Waals surface area contributed by atoms with E-state index in [1.165, 1.54) is 36.4 Å². The van der Waals surface area contributed by atoms with Crippen LogP contribution >= 0.6 is 0 Å². The Morgan fingerprint density at radius 2 is 1.90 bits per heavy atom. The lowest BCUT2D eigenvalue weighted by Crippen LogP contribution is -2.30. The predicted molar refractivity (Wildman–Crippen MR) is 109 cm³/mol. The third kappa shape index (κ3) is 5.52. The molecule has 0 heterocycles. The van der Waals surface area contributed by atoms with Crippen molar-refractivity contribution in [1.29, 1.82) is 0 Å². The van der Waals surface area contributed by atoms with E-state index in [1.807, 2.05) is 0 Å². The van der Waals surface area contributed by atoms with Gasteiger partial charge in [-0.2, -0.15) is 0 Å². The molecule has 0 saturated heterocycles. The van der Waals surface area contributed by atoms with Crippen LogP contribution in [0, 0.1) is 17.0 Å². The van der Waals surface area contributed by atoms with Crippen LogP contribution in [0.2, 0.25) is 0 Å². The van der Waals surface area contributed by atoms with E-state index in [9.17, 15) is 23.3 Å². The summed E-state index contributed by atoms with van der Waals surface area (Å²) in [6.07, 6.45) is 0. The first-order valence-electron chi connectivity index (χ1n) is 8.90. The van der Waals surface area contributed by atoms with Crippen LogP contribution in [0.5, 0.6) is 5.75 Å². The number of ether oxygens (including phenoxy) is 1. The molecule has 9 nitrogen and oxygen atoms in total. The molecule has 156 valence electrons. The number of sulfonamides is 1. The molecular weight excluding hydrogens is 398 g/mol. The molecule has 2 rings (SSSR count). The number of benzene rings is 2. The van der Waals surface area contributed by atoms with Crippen molar-refractivity contribution in [2.75, 3.05) is 11.9 Å². The van der Waals surface area contributed by atoms with Gasteiger partial charge in [-0.15, -0.1) is 0 Å². The number of nitro groups is 1. The number of amides is 1. The topological polar surface area (TPSA) is 128 Å². The van der Waals surface area contributed by atoms with Crippen molar-refractivity contribution in [2.45, 2.75) is 38.6 Å². The van der Waals surface area contributed by atoms with Gasteiger partial charge in [0.2, 0.25) is 10.0 Å². The molecule has 2 aromatic carbocycles. The Morgan fingerprint density at radius 1 is 1.21 bits per heavy atom. The Kier molecular flexibility index (Phi) is 6.93. The summed E-state index contributed by atoms with van der Waals surface area (Å²) in [5.74, 6) is -0.471. The zero-order valence-corrected chi connectivity index (χ0v) is 17.4. The van der Waals surface area contributed by atoms with Crippen molar-refractivity contribution in [2.24, 2.45) is 0 Å². The molecule has 29 heavy (non-hydrogen) atoms. The van der Waals surface area contributed by atoms with Gasteiger partial charge in [0.15, 0.2) is 0 Å². The zero-order chi connectivity index (χ0) is 21.8. The van der Waals surface area contributed by atoms with Crippen LogP contribution in [0.1, 0.15) is 36.7 Å². The normalized spacial score (nSPS) is 11.3. The van der Waals surface area contributed by atoms with Gasteiger partial charge in [0.25, 0.3) is 11.6 Å². The summed E-state index contributed by atoms with van der Waals surface area (Å²) in [4.78, 5) is 22.9. The molecule has 0 aliphatic carbocycles. The molecule has 10 heteroatoms. The molecule has 0 aromatic heterocycles. The SMILES string of the molecule is CCOc1ccc(C(=O)Nc2cc([N+](=O)[O-])ccc2C)cc1S(=O)(=O)NC(C)C. The number of nitro benzene ring substituents is 1. The Hall–Kier alpha value is -2.98. The molecule has 0 radical (unpaired) electrons. The van der Waals surface area contributed by atoms with Crippen LogP contribution in [0.4, 0.5) is 11.4 Å². The maximum Gasteiger partial charge on any atom is 0.271 e. The fraction of sp³-hybridized carbons (Fsp3) is 0.316. The monoisotopic (exact) mass is 421 g/mol. The second kappa shape index (κ2) is 9.01. The minimum Gasteiger partial charge on any atom is -0.492 e. The van der Waals surface area contributed by atoms with Crippen LogP contribution in [0.15, 0.2) is 41.3 Å². The smallest absolute Gasteiger partial charge is 0.271 e. The van der Waals surface area contributed by atoms with Crippen LogP contribution in [0.25, 0.3) is 0 Å². The maximum atomic E-state index is 12.7. The Balaban J connectivity index is 2.42. The van der Waals surface area contributed by atoms with Gasteiger partial charge in [-0.3, -0.25) is 14.9 Å². The molecule has 2 aromatic rings. The second-order valence-corrected chi connectivity index (χ2v) is 8.26. The van der Waals surface area contributed by atoms with Crippen molar-refractivity contribution in [3.05, 3.63) is 57.6 Å². The number of nitrogens with zero attached hydrogens (tertiary/aromatic N) is 1. The summed E-state index contributed by atoms with van der Waals surface area (Å²) in [5.41, 5.74) is 0.803. The van der Waals surface area contributed by atoms with Gasteiger partial charge in [-0.1, -0.05) is 6.07 Å². The lowest BCUT2D eigenvalue weighted by Gasteiger charge is -2.15. The fourth-order valence-electron chi connectivity index (χ4n) is 2.56. The van der Waals surface area contributed by atoms with E-state index in [-0.39, 0.29) is 40.2 Å². The van der Waals surface area contributed by atoms with Gasteiger partial charge in [0.1, 0.15) is 10.6 Å². The zero-order valence-electron chi connectivity index (χ0n) is 16.6. The van der Waals surface area contributed by atoms with Crippen LogP contribution in [-0.2, 0) is 10.0 Å². The standard InChI is InChI=1S/C19H23N3O6S/c1-5-28-17-9-7-14(10-18(17)29(26,27)21-12(2)3)19(23)20-16-11-15(22(24)25)8-6-13(16)4/h6-12,21H,5H2,1-4H3,(H,20,23). The molecular formula is C19H23N3O6S. The minimum atomic E-state index is -3.91. The number of aryl methyl sites for hydroxylation is 1. The molecule has 0 atom stereocenters. The fourth-order valence-corrected chi connectivity index (χ4v) is 3.98. The summed E-state index contributed by atoms with van der Waals surface area (Å²) < 4.78 is 33.2. The summed E-state index contributed by atoms with van der Waals surface area (Å²) in [7, 11) is -3.91. The first kappa shape index (κ1) is 22.3. The molecule has 0 spiro atoms. The average molecular weight is 421 g/mol. The first-order chi connectivity index (χ1) is 13.5. The number of carbonyl (C=O) groups excluding carboxylic acids is 1. The number of non-ortho nitro benzene ring substituents is 1. The molecule has 0 bridgehead atoms. The van der Waals surface area contributed by atoms with E-state index in [0.29, 0.717) is 5.56 Å². The van der Waals surface area contributed by atoms with E-state index in [0.717, 1.165) is 0 Å². The molecule has 2 N–H and O–H groups in total. The van der Waals surface area contributed by atoms with Crippen molar-refractivity contribution in [1.82, 2.24) is 4.72 Å². The third-order valence-electron chi connectivity index (χ3n) is 3.87. The lowest BCUT2D eigenvalue weighted by molar-refractivity contribution is -0.384. The lowest BCUT2D eigenvalue weighted by atomic mass is 10.1. The summed E-state index contributed by atoms with van der Waals surface area (Å²) in [5, 5.41) is 13.6. The highest BCUT2D eigenvalue weighted by Crippen LogP contribution is 2.27. The molecule has 0 fully saturated rings. The van der Waals surface area contributed by atoms with Crippen molar-refractivity contribution < 1.29 is 22.9 Å². The van der Waals surface area contributed by atoms with Gasteiger partial charge in [-0.25, -0.2) is 13.1 Å². The molecule has 0 saturated carbocycles. The molecule has 0 unspecified atom stereocenters. The summed E-state index contributed by atoms with van der Waals surface area (Å²) >= 11 is 0. The Bertz CT molecular complexity index is 1030. The maximum absolute atomic E-state index is 12.7. The minimum absolute atomic E-state index is 0.0727. The van der Waals surface area contributed by atoms with Gasteiger partial charge in [0.05, 0.1) is 17.2 Å². The first-order valence-corrected chi connectivity index (χ1v) is 10.4. The highest BCUT2D eigenvalue weighted by atomic mass is 32.2. The van der Waals surface area contributed by atoms with Crippen LogP contribution < -0.4 is 14.8 Å².